The zero-order valence-corrected chi connectivity index (χ0v) is 19.9. The second-order valence-electron chi connectivity index (χ2n) is 8.46. The van der Waals surface area contributed by atoms with E-state index in [9.17, 15) is 23.1 Å². The van der Waals surface area contributed by atoms with E-state index in [0.717, 1.165) is 11.1 Å². The number of benzene rings is 1. The molecule has 1 saturated heterocycles. The summed E-state index contributed by atoms with van der Waals surface area (Å²) in [6, 6.07) is 3.04. The Bertz CT molecular complexity index is 1020. The van der Waals surface area contributed by atoms with Crippen LogP contribution in [0.5, 0.6) is 0 Å². The zero-order chi connectivity index (χ0) is 25.2. The second-order valence-corrected chi connectivity index (χ2v) is 8.90. The first-order valence-electron chi connectivity index (χ1n) is 10.7. The molecule has 34 heavy (non-hydrogen) atoms. The topological polar surface area (TPSA) is 104 Å². The van der Waals surface area contributed by atoms with E-state index in [4.69, 9.17) is 20.8 Å². The van der Waals surface area contributed by atoms with E-state index in [1.54, 1.807) is 30.9 Å². The molecule has 0 spiro atoms. The van der Waals surface area contributed by atoms with Gasteiger partial charge in [-0.3, -0.25) is 4.90 Å². The normalized spacial score (nSPS) is 18.3. The Kier molecular flexibility index (Phi) is 7.94. The van der Waals surface area contributed by atoms with Crippen LogP contribution in [0.15, 0.2) is 16.5 Å². The quantitative estimate of drug-likeness (QED) is 0.594. The first kappa shape index (κ1) is 26.0. The molecule has 1 aliphatic rings. The highest BCUT2D eigenvalue weighted by Gasteiger charge is 2.43. The first-order valence-corrected chi connectivity index (χ1v) is 11.1. The summed E-state index contributed by atoms with van der Waals surface area (Å²) in [5, 5.41) is 19.2. The van der Waals surface area contributed by atoms with Crippen LogP contribution in [0.2, 0.25) is 5.02 Å². The summed E-state index contributed by atoms with van der Waals surface area (Å²) in [7, 11) is 0. The minimum absolute atomic E-state index is 0.0473. The average molecular weight is 506 g/mol. The van der Waals surface area contributed by atoms with E-state index in [0.29, 0.717) is 36.9 Å². The van der Waals surface area contributed by atoms with Gasteiger partial charge >= 0.3 is 18.3 Å². The third kappa shape index (κ3) is 6.30. The van der Waals surface area contributed by atoms with Gasteiger partial charge in [0.1, 0.15) is 0 Å². The molecule has 188 valence electrons. The number of hydrogen-bond acceptors (Lipinski definition) is 8. The lowest BCUT2D eigenvalue weighted by Crippen LogP contribution is -2.54. The molecule has 0 aliphatic carbocycles. The van der Waals surface area contributed by atoms with E-state index >= 15 is 0 Å². The first-order chi connectivity index (χ1) is 15.8. The van der Waals surface area contributed by atoms with Crippen LogP contribution in [-0.4, -0.2) is 69.2 Å². The van der Waals surface area contributed by atoms with Crippen molar-refractivity contribution in [2.75, 3.05) is 25.0 Å². The maximum atomic E-state index is 12.7. The van der Waals surface area contributed by atoms with Crippen molar-refractivity contribution >= 4 is 29.4 Å². The van der Waals surface area contributed by atoms with Gasteiger partial charge in [-0.15, -0.1) is 5.10 Å². The highest BCUT2D eigenvalue weighted by Crippen LogP contribution is 2.33. The predicted molar refractivity (Wildman–Crippen MR) is 118 cm³/mol. The van der Waals surface area contributed by atoms with Gasteiger partial charge in [-0.2, -0.15) is 13.2 Å². The Balaban J connectivity index is 1.70. The zero-order valence-electron chi connectivity index (χ0n) is 19.2. The smallest absolute Gasteiger partial charge is 0.423 e. The number of nitrogens with zero attached hydrogens (tertiary/aromatic N) is 4. The molecule has 2 aromatic rings. The Labute approximate surface area is 199 Å². The molecule has 1 unspecified atom stereocenters. The minimum Gasteiger partial charge on any atom is -0.447 e. The summed E-state index contributed by atoms with van der Waals surface area (Å²) < 4.78 is 48.2. The highest BCUT2D eigenvalue weighted by atomic mass is 35.5. The van der Waals surface area contributed by atoms with Crippen LogP contribution in [0.3, 0.4) is 0 Å². The summed E-state index contributed by atoms with van der Waals surface area (Å²) >= 11 is 6.28. The third-order valence-electron chi connectivity index (χ3n) is 5.38. The molecule has 1 fully saturated rings. The van der Waals surface area contributed by atoms with Crippen molar-refractivity contribution in [3.63, 3.8) is 0 Å². The molecule has 1 aromatic heterocycles. The number of hydrogen-bond donors (Lipinski definition) is 2. The third-order valence-corrected chi connectivity index (χ3v) is 5.60. The van der Waals surface area contributed by atoms with E-state index in [1.807, 2.05) is 13.8 Å². The van der Waals surface area contributed by atoms with Crippen molar-refractivity contribution in [3.8, 4) is 0 Å². The highest BCUT2D eigenvalue weighted by molar-refractivity contribution is 6.31. The standard InChI is InChI=1S/C21H27ClF3N5O4/c1-11(2)33-20(32)30-6-5-29(9-12(30)3)10-14-7-15(22)8-16(13(14)4)26-19-28-27-18(34-19)17(31)21(23,24)25/h7-8,11-12,17,31H,5-6,9-10H2,1-4H3,(H,26,28)/t12-,17?/m0/s1. The molecule has 1 aliphatic heterocycles. The number of aromatic nitrogens is 2. The van der Waals surface area contributed by atoms with Gasteiger partial charge in [0.25, 0.3) is 5.89 Å². The molecule has 9 nitrogen and oxygen atoms in total. The van der Waals surface area contributed by atoms with E-state index in [2.05, 4.69) is 20.4 Å². The van der Waals surface area contributed by atoms with Gasteiger partial charge in [-0.05, 0) is 51.0 Å². The molecule has 3 rings (SSSR count). The van der Waals surface area contributed by atoms with Gasteiger partial charge < -0.3 is 24.5 Å². The van der Waals surface area contributed by atoms with Gasteiger partial charge in [0.05, 0.1) is 6.10 Å². The number of aliphatic hydroxyl groups excluding tert-OH is 1. The number of nitrogens with one attached hydrogen (secondary N) is 1. The van der Waals surface area contributed by atoms with E-state index < -0.39 is 18.2 Å². The van der Waals surface area contributed by atoms with Crippen molar-refractivity contribution in [1.29, 1.82) is 0 Å². The van der Waals surface area contributed by atoms with Gasteiger partial charge in [0.15, 0.2) is 0 Å². The van der Waals surface area contributed by atoms with Crippen LogP contribution in [0.1, 0.15) is 43.9 Å². The number of aliphatic hydroxyl groups is 1. The van der Waals surface area contributed by atoms with E-state index in [-0.39, 0.29) is 24.3 Å². The lowest BCUT2D eigenvalue weighted by Gasteiger charge is -2.39. The van der Waals surface area contributed by atoms with Crippen molar-refractivity contribution in [3.05, 3.63) is 34.2 Å². The molecule has 0 saturated carbocycles. The SMILES string of the molecule is Cc1c(CN2CCN(C(=O)OC(C)C)[C@@H](C)C2)cc(Cl)cc1Nc1nnc(C(O)C(F)(F)F)o1. The van der Waals surface area contributed by atoms with E-state index in [1.165, 1.54) is 0 Å². The summed E-state index contributed by atoms with van der Waals surface area (Å²) in [5.41, 5.74) is 2.15. The lowest BCUT2D eigenvalue weighted by molar-refractivity contribution is -0.213. The second kappa shape index (κ2) is 10.4. The van der Waals surface area contributed by atoms with Crippen LogP contribution in [-0.2, 0) is 11.3 Å². The maximum Gasteiger partial charge on any atom is 0.423 e. The van der Waals surface area contributed by atoms with Gasteiger partial charge in [0, 0.05) is 42.9 Å². The summed E-state index contributed by atoms with van der Waals surface area (Å²) in [6.45, 7) is 9.71. The number of amides is 1. The van der Waals surface area contributed by atoms with Crippen LogP contribution >= 0.6 is 11.6 Å². The van der Waals surface area contributed by atoms with Gasteiger partial charge in [0.2, 0.25) is 6.10 Å². The molecule has 13 heteroatoms. The van der Waals surface area contributed by atoms with Crippen molar-refractivity contribution in [2.45, 2.75) is 58.7 Å². The molecule has 2 heterocycles. The lowest BCUT2D eigenvalue weighted by atomic mass is 10.0. The molecule has 0 bridgehead atoms. The number of alkyl halides is 3. The maximum absolute atomic E-state index is 12.7. The summed E-state index contributed by atoms with van der Waals surface area (Å²) in [6.07, 6.45) is -8.31. The number of piperazine rings is 1. The Morgan fingerprint density at radius 3 is 2.68 bits per heavy atom. The van der Waals surface area contributed by atoms with Crippen molar-refractivity contribution in [1.82, 2.24) is 20.0 Å². The van der Waals surface area contributed by atoms with Crippen molar-refractivity contribution in [2.24, 2.45) is 0 Å². The van der Waals surface area contributed by atoms with Crippen LogP contribution in [0.4, 0.5) is 29.7 Å². The molecule has 2 N–H and O–H groups in total. The number of carbonyl (C=O) groups is 1. The summed E-state index contributed by atoms with van der Waals surface area (Å²) in [5.74, 6) is -0.960. The molecular weight excluding hydrogens is 479 g/mol. The number of ether oxygens (including phenoxy) is 1. The van der Waals surface area contributed by atoms with Crippen molar-refractivity contribution < 1.29 is 32.2 Å². The Morgan fingerprint density at radius 2 is 2.06 bits per heavy atom. The minimum atomic E-state index is -4.92. The van der Waals surface area contributed by atoms with Gasteiger partial charge in [-0.25, -0.2) is 4.79 Å². The average Bonchev–Trinajstić information content (AvgIpc) is 3.18. The molecule has 2 atom stereocenters. The Hall–Kier alpha value is -2.57. The van der Waals surface area contributed by atoms with Crippen LogP contribution < -0.4 is 5.32 Å². The predicted octanol–water partition coefficient (Wildman–Crippen LogP) is 4.42. The number of anilines is 2. The number of carbonyl (C=O) groups excluding carboxylic acids is 1. The van der Waals surface area contributed by atoms with Crippen LogP contribution in [0, 0.1) is 6.92 Å². The molecular formula is C21H27ClF3N5O4. The summed E-state index contributed by atoms with van der Waals surface area (Å²) in [4.78, 5) is 16.1. The number of halogens is 4. The fourth-order valence-electron chi connectivity index (χ4n) is 3.64. The largest absolute Gasteiger partial charge is 0.447 e. The molecule has 1 aromatic carbocycles. The van der Waals surface area contributed by atoms with Crippen LogP contribution in [0.25, 0.3) is 0 Å². The molecule has 1 amide bonds. The fourth-order valence-corrected chi connectivity index (χ4v) is 3.88. The Morgan fingerprint density at radius 1 is 1.35 bits per heavy atom. The van der Waals surface area contributed by atoms with Gasteiger partial charge in [-0.1, -0.05) is 16.7 Å². The fraction of sp³-hybridized carbons (Fsp3) is 0.571. The number of rotatable bonds is 6. The molecule has 0 radical (unpaired) electrons. The monoisotopic (exact) mass is 505 g/mol.